The van der Waals surface area contributed by atoms with Crippen molar-refractivity contribution >= 4 is 23.7 Å². The maximum absolute atomic E-state index is 4.26. The minimum absolute atomic E-state index is 0. The van der Waals surface area contributed by atoms with E-state index in [1.165, 1.54) is 0 Å². The van der Waals surface area contributed by atoms with Crippen LogP contribution in [0.15, 0.2) is 0 Å². The van der Waals surface area contributed by atoms with Gasteiger partial charge in [-0.3, -0.25) is 0 Å². The fourth-order valence-corrected chi connectivity index (χ4v) is 0. The van der Waals surface area contributed by atoms with Gasteiger partial charge in [0.15, 0.2) is 0 Å². The molecule has 0 fully saturated rings. The van der Waals surface area contributed by atoms with Crippen LogP contribution in [0.25, 0.3) is 0 Å². The number of hydrogen-bond donors (Lipinski definition) is 0. The van der Waals surface area contributed by atoms with E-state index in [0.717, 1.165) is 0 Å². The van der Waals surface area contributed by atoms with Crippen LogP contribution < -0.4 is 0 Å². The largest absolute Gasteiger partial charge is 0.166 e. The molecule has 0 saturated heterocycles. The van der Waals surface area contributed by atoms with E-state index in [9.17, 15) is 0 Å². The Morgan fingerprint density at radius 3 is 1.25 bits per heavy atom. The summed E-state index contributed by atoms with van der Waals surface area (Å²) in [4.78, 5) is 0. The van der Waals surface area contributed by atoms with Gasteiger partial charge in [-0.05, 0) is 0 Å². The molecule has 0 aliphatic rings. The summed E-state index contributed by atoms with van der Waals surface area (Å²) in [5, 5.41) is 0. The van der Waals surface area contributed by atoms with Crippen LogP contribution in [0.4, 0.5) is 0 Å². The molecule has 0 aromatic rings. The molecule has 0 radical (unpaired) electrons. The van der Waals surface area contributed by atoms with Crippen molar-refractivity contribution in [2.75, 3.05) is 0 Å². The van der Waals surface area contributed by atoms with E-state index in [4.69, 9.17) is 0 Å². The van der Waals surface area contributed by atoms with Crippen molar-refractivity contribution in [3.05, 3.63) is 0 Å². The zero-order valence-corrected chi connectivity index (χ0v) is 5.70. The third kappa shape index (κ3) is 9.11. The maximum atomic E-state index is 4.26. The second-order valence-corrected chi connectivity index (χ2v) is 0.525. The Kier molecular flexibility index (Phi) is 20.6. The van der Waals surface area contributed by atoms with Gasteiger partial charge in [0, 0.05) is 40.4 Å². The van der Waals surface area contributed by atoms with Gasteiger partial charge in [0.2, 0.25) is 0 Å². The molecule has 0 aromatic carbocycles. The second kappa shape index (κ2) is 8.86. The average molecular weight is 237 g/mol. The van der Waals surface area contributed by atoms with Crippen molar-refractivity contribution < 1.29 is 44.2 Å². The normalized spacial score (nSPS) is 4.50. The van der Waals surface area contributed by atoms with E-state index in [0.29, 0.717) is 0 Å². The van der Waals surface area contributed by atoms with Crippen molar-refractivity contribution in [1.29, 1.82) is 0 Å². The van der Waals surface area contributed by atoms with E-state index in [1.54, 1.807) is 0 Å². The predicted octanol–water partition coefficient (Wildman–Crippen LogP) is 1.31. The molecule has 0 amide bonds. The monoisotopic (exact) mass is 238 g/mol. The van der Waals surface area contributed by atoms with Gasteiger partial charge < -0.3 is 0 Å². The first kappa shape index (κ1) is 9.30. The summed E-state index contributed by atoms with van der Waals surface area (Å²) in [6, 6.07) is 0. The predicted molar refractivity (Wildman–Crippen MR) is 12.8 cm³/mol. The molecular weight excluding hydrogens is 237 g/mol. The molecule has 0 unspecified atom stereocenters. The smallest absolute Gasteiger partial charge is 0.0832 e. The molecule has 0 aromatic heterocycles. The summed E-state index contributed by atoms with van der Waals surface area (Å²) in [7, 11) is 0. The van der Waals surface area contributed by atoms with Gasteiger partial charge >= 0.3 is 0 Å². The molecule has 0 aliphatic carbocycles. The van der Waals surface area contributed by atoms with Crippen LogP contribution in [0.5, 0.6) is 0 Å². The average Bonchev–Trinajstić information content (AvgIpc) is 0.918. The zero-order valence-electron chi connectivity index (χ0n) is 1.57. The van der Waals surface area contributed by atoms with Crippen LogP contribution in [0, 0.1) is 40.4 Å². The zero-order chi connectivity index (χ0) is 2.71. The Balaban J connectivity index is 0. The molecule has 26 valence electrons. The summed E-state index contributed by atoms with van der Waals surface area (Å²) in [5.74, 6) is 0. The molecule has 0 saturated carbocycles. The van der Waals surface area contributed by atoms with Crippen molar-refractivity contribution in [2.45, 2.75) is 0 Å². The summed E-state index contributed by atoms with van der Waals surface area (Å²) in [6.45, 7) is 0. The van der Waals surface area contributed by atoms with Crippen LogP contribution in [0.3, 0.4) is 0 Å². The molecule has 0 bridgehead atoms. The number of rotatable bonds is 0. The Bertz CT molecular complexity index is 6.00. The molecule has 0 spiro atoms. The molecule has 0 rings (SSSR count). The molecule has 0 N–H and O–H groups in total. The minimum Gasteiger partial charge on any atom is -0.166 e. The van der Waals surface area contributed by atoms with E-state index < -0.39 is 0 Å². The van der Waals surface area contributed by atoms with E-state index in [-0.39, 0.29) is 40.4 Å². The molecule has 0 heterocycles. The van der Waals surface area contributed by atoms with Crippen LogP contribution in [0.2, 0.25) is 0 Å². The SMILES string of the molecule is ClOCl.[Sm]. The Labute approximate surface area is 67.0 Å². The Morgan fingerprint density at radius 2 is 1.25 bits per heavy atom. The quantitative estimate of drug-likeness (QED) is 0.617. The first-order chi connectivity index (χ1) is 1.41. The van der Waals surface area contributed by atoms with Gasteiger partial charge in [0.25, 0.3) is 0 Å². The van der Waals surface area contributed by atoms with Crippen LogP contribution in [0.1, 0.15) is 0 Å². The number of halogens is 2. The van der Waals surface area contributed by atoms with Crippen molar-refractivity contribution in [1.82, 2.24) is 0 Å². The van der Waals surface area contributed by atoms with E-state index in [1.807, 2.05) is 0 Å². The summed E-state index contributed by atoms with van der Waals surface area (Å²) in [6.07, 6.45) is 0. The first-order valence-corrected chi connectivity index (χ1v) is 0.926. The molecule has 0 aliphatic heterocycles. The van der Waals surface area contributed by atoms with Gasteiger partial charge in [0.1, 0.15) is 0 Å². The van der Waals surface area contributed by atoms with Crippen molar-refractivity contribution in [3.63, 3.8) is 0 Å². The molecule has 1 nitrogen and oxygen atoms in total. The first-order valence-electron chi connectivity index (χ1n) is 0.309. The van der Waals surface area contributed by atoms with Crippen LogP contribution >= 0.6 is 23.7 Å². The molecule has 0 atom stereocenters. The van der Waals surface area contributed by atoms with Gasteiger partial charge in [0.05, 0.1) is 23.7 Å². The van der Waals surface area contributed by atoms with E-state index >= 15 is 0 Å². The van der Waals surface area contributed by atoms with Crippen LogP contribution in [-0.4, -0.2) is 0 Å². The summed E-state index contributed by atoms with van der Waals surface area (Å²) in [5.41, 5.74) is 0. The van der Waals surface area contributed by atoms with Gasteiger partial charge in [-0.2, -0.15) is 3.84 Å². The van der Waals surface area contributed by atoms with Gasteiger partial charge in [-0.1, -0.05) is 0 Å². The summed E-state index contributed by atoms with van der Waals surface area (Å²) < 4.78 is 3.19. The van der Waals surface area contributed by atoms with Gasteiger partial charge in [-0.15, -0.1) is 0 Å². The van der Waals surface area contributed by atoms with Crippen LogP contribution in [-0.2, 0) is 3.84 Å². The fraction of sp³-hybridized carbons (Fsp3) is 0. The van der Waals surface area contributed by atoms with Crippen molar-refractivity contribution in [3.8, 4) is 0 Å². The van der Waals surface area contributed by atoms with Crippen molar-refractivity contribution in [2.24, 2.45) is 0 Å². The Hall–Kier alpha value is 1.88. The third-order valence-corrected chi connectivity index (χ3v) is 0. The Morgan fingerprint density at radius 1 is 1.25 bits per heavy atom. The topological polar surface area (TPSA) is 9.23 Å². The second-order valence-electron chi connectivity index (χ2n) is 0.0583. The number of hydrogen-bond acceptors (Lipinski definition) is 1. The van der Waals surface area contributed by atoms with E-state index in [2.05, 4.69) is 27.6 Å². The molecular formula is Cl2OSm. The molecule has 4 heteroatoms. The maximum Gasteiger partial charge on any atom is 0.0832 e. The fourth-order valence-electron chi connectivity index (χ4n) is 0. The molecule has 4 heavy (non-hydrogen) atoms. The van der Waals surface area contributed by atoms with Gasteiger partial charge in [-0.25, -0.2) is 0 Å². The third-order valence-electron chi connectivity index (χ3n) is 0. The summed E-state index contributed by atoms with van der Waals surface area (Å²) >= 11 is 8.53. The standard InChI is InChI=1S/Cl2O.Sm/c1-3-2;. The minimum atomic E-state index is 0.